The Hall–Kier alpha value is -1.32. The van der Waals surface area contributed by atoms with Gasteiger partial charge in [-0.25, -0.2) is 0 Å². The molecule has 17 heavy (non-hydrogen) atoms. The third-order valence-electron chi connectivity index (χ3n) is 2.26. The van der Waals surface area contributed by atoms with Crippen molar-refractivity contribution in [3.05, 3.63) is 12.7 Å². The Morgan fingerprint density at radius 3 is 2.41 bits per heavy atom. The number of carbonyl (C=O) groups excluding carboxylic acids is 2. The molecule has 1 atom stereocenters. The van der Waals surface area contributed by atoms with E-state index in [-0.39, 0.29) is 6.61 Å². The number of allylic oxidation sites excluding steroid dienone is 1. The van der Waals surface area contributed by atoms with Crippen molar-refractivity contribution in [1.82, 2.24) is 0 Å². The average molecular weight is 242 g/mol. The number of esters is 2. The number of hydrogen-bond donors (Lipinski definition) is 0. The highest BCUT2D eigenvalue weighted by molar-refractivity contribution is 5.94. The number of carbonyl (C=O) groups is 2. The van der Waals surface area contributed by atoms with Gasteiger partial charge in [0.2, 0.25) is 0 Å². The molecule has 0 aromatic rings. The standard InChI is InChI=1S/C13H22O4/c1-4-7-9-11(12(14)16-6-3)13(15)17-10-8-5-2/h4,11H,1,5-10H2,2-3H3. The Kier molecular flexibility index (Phi) is 9.11. The zero-order valence-electron chi connectivity index (χ0n) is 10.7. The van der Waals surface area contributed by atoms with Crippen LogP contribution in [0.3, 0.4) is 0 Å². The van der Waals surface area contributed by atoms with Gasteiger partial charge in [0.15, 0.2) is 5.92 Å². The predicted molar refractivity (Wildman–Crippen MR) is 65.4 cm³/mol. The summed E-state index contributed by atoms with van der Waals surface area (Å²) >= 11 is 0. The molecule has 98 valence electrons. The van der Waals surface area contributed by atoms with Crippen molar-refractivity contribution in [1.29, 1.82) is 0 Å². The van der Waals surface area contributed by atoms with Crippen LogP contribution in [0.2, 0.25) is 0 Å². The first kappa shape index (κ1) is 15.7. The van der Waals surface area contributed by atoms with E-state index in [4.69, 9.17) is 9.47 Å². The first-order valence-corrected chi connectivity index (χ1v) is 6.11. The van der Waals surface area contributed by atoms with E-state index in [0.29, 0.717) is 19.4 Å². The number of hydrogen-bond acceptors (Lipinski definition) is 4. The van der Waals surface area contributed by atoms with Crippen molar-refractivity contribution in [2.45, 2.75) is 39.5 Å². The molecule has 4 heteroatoms. The molecule has 0 aromatic heterocycles. The van der Waals surface area contributed by atoms with Gasteiger partial charge in [0.05, 0.1) is 13.2 Å². The van der Waals surface area contributed by atoms with Gasteiger partial charge >= 0.3 is 11.9 Å². The normalized spacial score (nSPS) is 11.6. The lowest BCUT2D eigenvalue weighted by molar-refractivity contribution is -0.162. The Morgan fingerprint density at radius 2 is 1.88 bits per heavy atom. The van der Waals surface area contributed by atoms with Crippen LogP contribution in [-0.2, 0) is 19.1 Å². The second-order valence-corrected chi connectivity index (χ2v) is 3.69. The molecule has 0 heterocycles. The van der Waals surface area contributed by atoms with Gasteiger partial charge in [0, 0.05) is 0 Å². The quantitative estimate of drug-likeness (QED) is 0.270. The van der Waals surface area contributed by atoms with Crippen molar-refractivity contribution in [3.63, 3.8) is 0 Å². The maximum absolute atomic E-state index is 11.7. The van der Waals surface area contributed by atoms with Crippen LogP contribution in [0.5, 0.6) is 0 Å². The summed E-state index contributed by atoms with van der Waals surface area (Å²) in [5.41, 5.74) is 0. The Bertz CT molecular complexity index is 248. The Morgan fingerprint density at radius 1 is 1.24 bits per heavy atom. The molecule has 0 aromatic carbocycles. The third-order valence-corrected chi connectivity index (χ3v) is 2.26. The van der Waals surface area contributed by atoms with Crippen molar-refractivity contribution in [3.8, 4) is 0 Å². The molecule has 0 saturated heterocycles. The first-order valence-electron chi connectivity index (χ1n) is 6.11. The molecule has 4 nitrogen and oxygen atoms in total. The molecule has 0 radical (unpaired) electrons. The minimum absolute atomic E-state index is 0.270. The number of unbranched alkanes of at least 4 members (excludes halogenated alkanes) is 1. The molecular formula is C13H22O4. The van der Waals surface area contributed by atoms with E-state index in [0.717, 1.165) is 12.8 Å². The van der Waals surface area contributed by atoms with Crippen LogP contribution in [0.4, 0.5) is 0 Å². The lowest BCUT2D eigenvalue weighted by atomic mass is 10.0. The topological polar surface area (TPSA) is 52.6 Å². The summed E-state index contributed by atoms with van der Waals surface area (Å²) in [6.07, 6.45) is 4.41. The van der Waals surface area contributed by atoms with E-state index in [2.05, 4.69) is 6.58 Å². The monoisotopic (exact) mass is 242 g/mol. The second-order valence-electron chi connectivity index (χ2n) is 3.69. The van der Waals surface area contributed by atoms with Gasteiger partial charge in [-0.3, -0.25) is 9.59 Å². The van der Waals surface area contributed by atoms with Gasteiger partial charge < -0.3 is 9.47 Å². The van der Waals surface area contributed by atoms with Gasteiger partial charge in [-0.05, 0) is 26.2 Å². The highest BCUT2D eigenvalue weighted by atomic mass is 16.6. The van der Waals surface area contributed by atoms with Crippen LogP contribution < -0.4 is 0 Å². The van der Waals surface area contributed by atoms with Crippen LogP contribution in [0, 0.1) is 5.92 Å². The van der Waals surface area contributed by atoms with E-state index in [1.54, 1.807) is 13.0 Å². The molecule has 0 aliphatic heterocycles. The molecule has 0 amide bonds. The molecule has 0 aliphatic carbocycles. The molecule has 0 N–H and O–H groups in total. The zero-order valence-corrected chi connectivity index (χ0v) is 10.7. The highest BCUT2D eigenvalue weighted by Gasteiger charge is 2.28. The number of rotatable bonds is 9. The lowest BCUT2D eigenvalue weighted by Crippen LogP contribution is -2.28. The number of ether oxygens (including phenoxy) is 2. The van der Waals surface area contributed by atoms with Crippen LogP contribution in [0.1, 0.15) is 39.5 Å². The van der Waals surface area contributed by atoms with Crippen molar-refractivity contribution in [2.24, 2.45) is 5.92 Å². The summed E-state index contributed by atoms with van der Waals surface area (Å²) in [5, 5.41) is 0. The summed E-state index contributed by atoms with van der Waals surface area (Å²) in [6, 6.07) is 0. The second kappa shape index (κ2) is 9.87. The fourth-order valence-corrected chi connectivity index (χ4v) is 1.28. The van der Waals surface area contributed by atoms with Gasteiger partial charge in [0.1, 0.15) is 0 Å². The van der Waals surface area contributed by atoms with E-state index in [1.165, 1.54) is 0 Å². The minimum atomic E-state index is -0.815. The van der Waals surface area contributed by atoms with Gasteiger partial charge in [-0.2, -0.15) is 0 Å². The summed E-state index contributed by atoms with van der Waals surface area (Å²) < 4.78 is 9.89. The van der Waals surface area contributed by atoms with E-state index < -0.39 is 17.9 Å². The van der Waals surface area contributed by atoms with E-state index >= 15 is 0 Å². The third kappa shape index (κ3) is 6.76. The van der Waals surface area contributed by atoms with Crippen molar-refractivity contribution >= 4 is 11.9 Å². The Labute approximate surface area is 103 Å². The predicted octanol–water partition coefficient (Wildman–Crippen LogP) is 2.48. The van der Waals surface area contributed by atoms with Crippen molar-refractivity contribution in [2.75, 3.05) is 13.2 Å². The van der Waals surface area contributed by atoms with Crippen LogP contribution >= 0.6 is 0 Å². The summed E-state index contributed by atoms with van der Waals surface area (Å²) in [4.78, 5) is 23.2. The smallest absolute Gasteiger partial charge is 0.320 e. The molecule has 0 rings (SSSR count). The van der Waals surface area contributed by atoms with Crippen LogP contribution in [0.15, 0.2) is 12.7 Å². The van der Waals surface area contributed by atoms with E-state index in [1.807, 2.05) is 6.92 Å². The zero-order chi connectivity index (χ0) is 13.1. The fourth-order valence-electron chi connectivity index (χ4n) is 1.28. The fraction of sp³-hybridized carbons (Fsp3) is 0.692. The summed E-state index contributed by atoms with van der Waals surface area (Å²) in [7, 11) is 0. The first-order chi connectivity index (χ1) is 8.17. The minimum Gasteiger partial charge on any atom is -0.465 e. The molecular weight excluding hydrogens is 220 g/mol. The van der Waals surface area contributed by atoms with Gasteiger partial charge in [-0.15, -0.1) is 6.58 Å². The lowest BCUT2D eigenvalue weighted by Gasteiger charge is -2.13. The average Bonchev–Trinajstić information content (AvgIpc) is 2.30. The van der Waals surface area contributed by atoms with E-state index in [9.17, 15) is 9.59 Å². The van der Waals surface area contributed by atoms with Gasteiger partial charge in [-0.1, -0.05) is 19.4 Å². The summed E-state index contributed by atoms with van der Waals surface area (Å²) in [6.45, 7) is 7.92. The molecule has 0 saturated carbocycles. The summed E-state index contributed by atoms with van der Waals surface area (Å²) in [5.74, 6) is -1.81. The molecule has 0 aliphatic rings. The maximum Gasteiger partial charge on any atom is 0.320 e. The van der Waals surface area contributed by atoms with Gasteiger partial charge in [0.25, 0.3) is 0 Å². The van der Waals surface area contributed by atoms with Crippen LogP contribution in [-0.4, -0.2) is 25.2 Å². The maximum atomic E-state index is 11.7. The SMILES string of the molecule is C=CCCC(C(=O)OCC)C(=O)OCCCC. The molecule has 0 fully saturated rings. The van der Waals surface area contributed by atoms with Crippen LogP contribution in [0.25, 0.3) is 0 Å². The molecule has 1 unspecified atom stereocenters. The molecule has 0 spiro atoms. The van der Waals surface area contributed by atoms with Crippen molar-refractivity contribution < 1.29 is 19.1 Å². The Balaban J connectivity index is 4.28. The highest BCUT2D eigenvalue weighted by Crippen LogP contribution is 2.12. The largest absolute Gasteiger partial charge is 0.465 e. The molecule has 0 bridgehead atoms.